The summed E-state index contributed by atoms with van der Waals surface area (Å²) in [5.74, 6) is -0.794. The van der Waals surface area contributed by atoms with E-state index in [2.05, 4.69) is 10.4 Å². The van der Waals surface area contributed by atoms with Crippen molar-refractivity contribution < 1.29 is 14.3 Å². The number of carbonyl (C=O) groups excluding carboxylic acids is 2. The molecule has 0 aliphatic carbocycles. The summed E-state index contributed by atoms with van der Waals surface area (Å²) in [6, 6.07) is 8.80. The highest BCUT2D eigenvalue weighted by Crippen LogP contribution is 2.30. The van der Waals surface area contributed by atoms with Crippen molar-refractivity contribution in [3.63, 3.8) is 0 Å². The molecule has 0 aliphatic heterocycles. The van der Waals surface area contributed by atoms with Crippen LogP contribution >= 0.6 is 11.3 Å². The standard InChI is InChI=1S/C19H19N3O4S/c1-3-8-14(23)20-17-15-13(11-27-17)16(19(25)26-4-2)21-22(18(15)24)12-9-6-5-7-10-12/h5-7,9-11H,3-4,8H2,1-2H3,(H,20,23). The van der Waals surface area contributed by atoms with Gasteiger partial charge in [0.05, 0.1) is 17.7 Å². The summed E-state index contributed by atoms with van der Waals surface area (Å²) >= 11 is 1.19. The molecule has 0 aliphatic rings. The van der Waals surface area contributed by atoms with E-state index in [1.165, 1.54) is 11.3 Å². The predicted octanol–water partition coefficient (Wildman–Crippen LogP) is 3.36. The van der Waals surface area contributed by atoms with Gasteiger partial charge in [0.25, 0.3) is 5.56 Å². The van der Waals surface area contributed by atoms with Gasteiger partial charge < -0.3 is 10.1 Å². The maximum atomic E-state index is 13.1. The number of thiophene rings is 1. The number of esters is 1. The molecule has 1 amide bonds. The van der Waals surface area contributed by atoms with Crippen LogP contribution in [0.15, 0.2) is 40.5 Å². The number of nitrogens with zero attached hydrogens (tertiary/aromatic N) is 2. The van der Waals surface area contributed by atoms with Crippen molar-refractivity contribution in [2.75, 3.05) is 11.9 Å². The van der Waals surface area contributed by atoms with E-state index in [4.69, 9.17) is 4.74 Å². The number of carbonyl (C=O) groups is 2. The van der Waals surface area contributed by atoms with Crippen LogP contribution in [-0.4, -0.2) is 28.3 Å². The number of benzene rings is 1. The average molecular weight is 385 g/mol. The molecule has 0 saturated heterocycles. The van der Waals surface area contributed by atoms with Crippen molar-refractivity contribution in [1.82, 2.24) is 9.78 Å². The molecule has 27 heavy (non-hydrogen) atoms. The minimum absolute atomic E-state index is 0.0440. The van der Waals surface area contributed by atoms with Gasteiger partial charge in [-0.05, 0) is 25.5 Å². The van der Waals surface area contributed by atoms with E-state index in [0.29, 0.717) is 28.9 Å². The van der Waals surface area contributed by atoms with Crippen LogP contribution in [0, 0.1) is 0 Å². The van der Waals surface area contributed by atoms with Gasteiger partial charge in [0.15, 0.2) is 5.69 Å². The Labute approximate surface area is 159 Å². The summed E-state index contributed by atoms with van der Waals surface area (Å²) in [5, 5.41) is 9.70. The Bertz CT molecular complexity index is 1040. The number of nitrogens with one attached hydrogen (secondary N) is 1. The third-order valence-electron chi connectivity index (χ3n) is 3.85. The van der Waals surface area contributed by atoms with Crippen LogP contribution in [0.2, 0.25) is 0 Å². The molecule has 1 aromatic carbocycles. The summed E-state index contributed by atoms with van der Waals surface area (Å²) in [6.45, 7) is 3.79. The molecule has 0 bridgehead atoms. The zero-order chi connectivity index (χ0) is 19.4. The predicted molar refractivity (Wildman–Crippen MR) is 105 cm³/mol. The molecule has 0 saturated carbocycles. The number of rotatable bonds is 6. The Morgan fingerprint density at radius 1 is 1.22 bits per heavy atom. The zero-order valence-electron chi connectivity index (χ0n) is 15.0. The first-order chi connectivity index (χ1) is 13.1. The largest absolute Gasteiger partial charge is 0.461 e. The quantitative estimate of drug-likeness (QED) is 0.657. The van der Waals surface area contributed by atoms with Crippen LogP contribution in [-0.2, 0) is 9.53 Å². The van der Waals surface area contributed by atoms with Crippen molar-refractivity contribution in [3.8, 4) is 5.69 Å². The summed E-state index contributed by atoms with van der Waals surface area (Å²) in [7, 11) is 0. The second-order valence-electron chi connectivity index (χ2n) is 5.77. The highest BCUT2D eigenvalue weighted by atomic mass is 32.1. The van der Waals surface area contributed by atoms with Crippen LogP contribution in [0.1, 0.15) is 37.2 Å². The zero-order valence-corrected chi connectivity index (χ0v) is 15.8. The summed E-state index contributed by atoms with van der Waals surface area (Å²) in [5.41, 5.74) is 0.159. The Morgan fingerprint density at radius 3 is 2.63 bits per heavy atom. The highest BCUT2D eigenvalue weighted by Gasteiger charge is 2.22. The van der Waals surface area contributed by atoms with Crippen molar-refractivity contribution in [3.05, 3.63) is 51.8 Å². The van der Waals surface area contributed by atoms with E-state index >= 15 is 0 Å². The molecule has 8 heteroatoms. The number of ether oxygens (including phenoxy) is 1. The Hall–Kier alpha value is -3.00. The lowest BCUT2D eigenvalue weighted by Crippen LogP contribution is -2.25. The molecule has 0 fully saturated rings. The van der Waals surface area contributed by atoms with E-state index in [9.17, 15) is 14.4 Å². The van der Waals surface area contributed by atoms with Gasteiger partial charge in [0.2, 0.25) is 5.91 Å². The third kappa shape index (κ3) is 3.75. The fourth-order valence-corrected chi connectivity index (χ4v) is 3.61. The number of aromatic nitrogens is 2. The van der Waals surface area contributed by atoms with E-state index < -0.39 is 11.5 Å². The molecule has 0 spiro atoms. The highest BCUT2D eigenvalue weighted by molar-refractivity contribution is 7.16. The number of amides is 1. The van der Waals surface area contributed by atoms with Crippen molar-refractivity contribution in [1.29, 1.82) is 0 Å². The number of para-hydroxylation sites is 1. The molecular formula is C19H19N3O4S. The number of hydrogen-bond acceptors (Lipinski definition) is 6. The number of hydrogen-bond donors (Lipinski definition) is 1. The normalized spacial score (nSPS) is 10.7. The van der Waals surface area contributed by atoms with Crippen LogP contribution in [0.25, 0.3) is 16.5 Å². The lowest BCUT2D eigenvalue weighted by molar-refractivity contribution is -0.116. The van der Waals surface area contributed by atoms with Gasteiger partial charge >= 0.3 is 5.97 Å². The SMILES string of the molecule is CCCC(=O)Nc1scc2c(C(=O)OCC)nn(-c3ccccc3)c(=O)c12. The van der Waals surface area contributed by atoms with Gasteiger partial charge in [-0.1, -0.05) is 25.1 Å². The maximum Gasteiger partial charge on any atom is 0.359 e. The van der Waals surface area contributed by atoms with Gasteiger partial charge in [0, 0.05) is 17.2 Å². The van der Waals surface area contributed by atoms with Gasteiger partial charge in [-0.25, -0.2) is 4.79 Å². The van der Waals surface area contributed by atoms with Crippen LogP contribution < -0.4 is 10.9 Å². The lowest BCUT2D eigenvalue weighted by Gasteiger charge is -2.09. The number of anilines is 1. The fraction of sp³-hybridized carbons (Fsp3) is 0.263. The molecule has 7 nitrogen and oxygen atoms in total. The van der Waals surface area contributed by atoms with Crippen LogP contribution in [0.3, 0.4) is 0 Å². The fourth-order valence-electron chi connectivity index (χ4n) is 2.65. The molecule has 1 N–H and O–H groups in total. The maximum absolute atomic E-state index is 13.1. The molecule has 2 aromatic heterocycles. The Morgan fingerprint density at radius 2 is 1.96 bits per heavy atom. The summed E-state index contributed by atoms with van der Waals surface area (Å²) < 4.78 is 6.26. The molecule has 3 aromatic rings. The summed E-state index contributed by atoms with van der Waals surface area (Å²) in [6.07, 6.45) is 1.04. The number of fused-ring (bicyclic) bond motifs is 1. The van der Waals surface area contributed by atoms with Gasteiger partial charge in [-0.15, -0.1) is 11.3 Å². The van der Waals surface area contributed by atoms with Gasteiger partial charge in [0.1, 0.15) is 5.00 Å². The molecular weight excluding hydrogens is 366 g/mol. The van der Waals surface area contributed by atoms with Gasteiger partial charge in [-0.3, -0.25) is 9.59 Å². The smallest absolute Gasteiger partial charge is 0.359 e. The third-order valence-corrected chi connectivity index (χ3v) is 4.75. The Kier molecular flexibility index (Phi) is 5.66. The summed E-state index contributed by atoms with van der Waals surface area (Å²) in [4.78, 5) is 37.5. The van der Waals surface area contributed by atoms with Crippen molar-refractivity contribution in [2.45, 2.75) is 26.7 Å². The molecule has 2 heterocycles. The molecule has 0 radical (unpaired) electrons. The first-order valence-corrected chi connectivity index (χ1v) is 9.51. The Balaban J connectivity index is 2.24. The second-order valence-corrected chi connectivity index (χ2v) is 6.65. The van der Waals surface area contributed by atoms with Crippen LogP contribution in [0.4, 0.5) is 5.00 Å². The lowest BCUT2D eigenvalue weighted by atomic mass is 10.2. The first-order valence-electron chi connectivity index (χ1n) is 8.63. The topological polar surface area (TPSA) is 90.3 Å². The molecule has 140 valence electrons. The molecule has 3 rings (SSSR count). The van der Waals surface area contributed by atoms with Gasteiger partial charge in [-0.2, -0.15) is 9.78 Å². The minimum atomic E-state index is -0.614. The minimum Gasteiger partial charge on any atom is -0.461 e. The van der Waals surface area contributed by atoms with E-state index in [0.717, 1.165) is 4.68 Å². The van der Waals surface area contributed by atoms with E-state index in [1.54, 1.807) is 36.6 Å². The van der Waals surface area contributed by atoms with E-state index in [-0.39, 0.29) is 23.6 Å². The molecule has 0 atom stereocenters. The van der Waals surface area contributed by atoms with Crippen LogP contribution in [0.5, 0.6) is 0 Å². The van der Waals surface area contributed by atoms with Crippen molar-refractivity contribution >= 4 is 39.0 Å². The average Bonchev–Trinajstić information content (AvgIpc) is 3.07. The molecule has 0 unspecified atom stereocenters. The first kappa shape index (κ1) is 18.8. The van der Waals surface area contributed by atoms with E-state index in [1.807, 2.05) is 13.0 Å². The van der Waals surface area contributed by atoms with Crippen molar-refractivity contribution in [2.24, 2.45) is 0 Å². The second kappa shape index (κ2) is 8.13. The monoisotopic (exact) mass is 385 g/mol.